The Bertz CT molecular complexity index is 1510. The maximum Gasteiger partial charge on any atom is 0.305 e. The molecule has 4 aromatic rings. The van der Waals surface area contributed by atoms with Crippen LogP contribution in [0.1, 0.15) is 110 Å². The Morgan fingerprint density at radius 1 is 0.783 bits per heavy atom. The molecule has 0 amide bonds. The maximum absolute atomic E-state index is 13.7. The van der Waals surface area contributed by atoms with Crippen molar-refractivity contribution in [3.05, 3.63) is 124 Å². The lowest BCUT2D eigenvalue weighted by molar-refractivity contribution is -0.143. The SMILES string of the molecule is CCOC(=O)CCCc1cc(C(=O)c2ccc(NC(c3ccc(CC(C)C)cc3)c3ccc(CC(C)C)cc3)cc2)c(CC)n1C. The molecule has 0 saturated heterocycles. The van der Waals surface area contributed by atoms with Gasteiger partial charge in [-0.1, -0.05) is 83.1 Å². The van der Waals surface area contributed by atoms with Gasteiger partial charge in [0.15, 0.2) is 5.78 Å². The summed E-state index contributed by atoms with van der Waals surface area (Å²) in [5, 5.41) is 3.76. The first-order valence-corrected chi connectivity index (χ1v) is 17.0. The fourth-order valence-corrected chi connectivity index (χ4v) is 6.25. The Morgan fingerprint density at radius 3 is 1.80 bits per heavy atom. The second-order valence-electron chi connectivity index (χ2n) is 13.2. The van der Waals surface area contributed by atoms with E-state index < -0.39 is 0 Å². The number of hydrogen-bond acceptors (Lipinski definition) is 4. The zero-order valence-electron chi connectivity index (χ0n) is 28.9. The molecule has 0 fully saturated rings. The van der Waals surface area contributed by atoms with Crippen molar-refractivity contribution in [2.75, 3.05) is 11.9 Å². The second-order valence-corrected chi connectivity index (χ2v) is 13.2. The minimum Gasteiger partial charge on any atom is -0.466 e. The summed E-state index contributed by atoms with van der Waals surface area (Å²) in [5.41, 5.74) is 9.54. The lowest BCUT2D eigenvalue weighted by atomic mass is 9.93. The first-order valence-electron chi connectivity index (χ1n) is 17.0. The number of benzene rings is 3. The molecule has 0 aliphatic heterocycles. The van der Waals surface area contributed by atoms with Crippen LogP contribution in [0.15, 0.2) is 78.9 Å². The highest BCUT2D eigenvalue weighted by atomic mass is 16.5. The summed E-state index contributed by atoms with van der Waals surface area (Å²) >= 11 is 0. The number of rotatable bonds is 16. The minimum atomic E-state index is -0.175. The molecule has 0 spiro atoms. The molecular formula is C41H52N2O3. The minimum absolute atomic E-state index is 0.0219. The standard InChI is InChI=1S/C41H52N2O3/c1-8-38-37(27-36(43(38)7)11-10-12-39(44)46-9-2)41(45)34-21-23-35(24-22-34)42-40(32-17-13-30(14-18-32)25-28(3)4)33-19-15-31(16-20-33)26-29(5)6/h13-24,27-29,40,42H,8-12,25-26H2,1-7H3. The molecule has 0 atom stereocenters. The molecule has 5 nitrogen and oxygen atoms in total. The average Bonchev–Trinajstić information content (AvgIpc) is 3.35. The third kappa shape index (κ3) is 9.22. The van der Waals surface area contributed by atoms with Crippen LogP contribution in [0.4, 0.5) is 5.69 Å². The summed E-state index contributed by atoms with van der Waals surface area (Å²) in [7, 11) is 2.01. The highest BCUT2D eigenvalue weighted by Crippen LogP contribution is 2.29. The fourth-order valence-electron chi connectivity index (χ4n) is 6.25. The molecule has 1 heterocycles. The smallest absolute Gasteiger partial charge is 0.305 e. The number of aryl methyl sites for hydroxylation is 1. The number of hydrogen-bond donors (Lipinski definition) is 1. The Hall–Kier alpha value is -4.12. The summed E-state index contributed by atoms with van der Waals surface area (Å²) in [5.74, 6) is 1.07. The zero-order valence-corrected chi connectivity index (χ0v) is 28.9. The van der Waals surface area contributed by atoms with E-state index in [2.05, 4.69) is 93.0 Å². The zero-order chi connectivity index (χ0) is 33.2. The Morgan fingerprint density at radius 2 is 1.33 bits per heavy atom. The van der Waals surface area contributed by atoms with Crippen LogP contribution in [0.25, 0.3) is 0 Å². The summed E-state index contributed by atoms with van der Waals surface area (Å²) in [6.07, 6.45) is 4.67. The summed E-state index contributed by atoms with van der Waals surface area (Å²) in [6.45, 7) is 13.3. The van der Waals surface area contributed by atoms with Gasteiger partial charge in [-0.15, -0.1) is 0 Å². The van der Waals surface area contributed by atoms with Gasteiger partial charge in [0.1, 0.15) is 0 Å². The molecule has 0 bridgehead atoms. The third-order valence-electron chi connectivity index (χ3n) is 8.53. The van der Waals surface area contributed by atoms with Crippen LogP contribution in [-0.2, 0) is 42.3 Å². The predicted molar refractivity (Wildman–Crippen MR) is 190 cm³/mol. The van der Waals surface area contributed by atoms with Gasteiger partial charge < -0.3 is 14.6 Å². The van der Waals surface area contributed by atoms with Gasteiger partial charge in [-0.25, -0.2) is 0 Å². The van der Waals surface area contributed by atoms with Crippen LogP contribution in [0.2, 0.25) is 0 Å². The number of esters is 1. The normalized spacial score (nSPS) is 11.4. The van der Waals surface area contributed by atoms with Crippen molar-refractivity contribution in [3.8, 4) is 0 Å². The molecule has 0 aliphatic carbocycles. The van der Waals surface area contributed by atoms with Crippen molar-refractivity contribution in [3.63, 3.8) is 0 Å². The van der Waals surface area contributed by atoms with Gasteiger partial charge in [-0.3, -0.25) is 9.59 Å². The average molecular weight is 621 g/mol. The van der Waals surface area contributed by atoms with E-state index in [9.17, 15) is 9.59 Å². The highest BCUT2D eigenvalue weighted by Gasteiger charge is 2.20. The van der Waals surface area contributed by atoms with E-state index in [0.29, 0.717) is 36.8 Å². The number of nitrogens with one attached hydrogen (secondary N) is 1. The van der Waals surface area contributed by atoms with Gasteiger partial charge >= 0.3 is 5.97 Å². The monoisotopic (exact) mass is 620 g/mol. The summed E-state index contributed by atoms with van der Waals surface area (Å²) in [6, 6.07) is 27.8. The number of ether oxygens (including phenoxy) is 1. The van der Waals surface area contributed by atoms with Gasteiger partial charge in [0.2, 0.25) is 0 Å². The van der Waals surface area contributed by atoms with Crippen molar-refractivity contribution >= 4 is 17.4 Å². The van der Waals surface area contributed by atoms with Crippen molar-refractivity contribution in [2.24, 2.45) is 18.9 Å². The molecule has 1 aromatic heterocycles. The lowest BCUT2D eigenvalue weighted by Gasteiger charge is -2.22. The molecule has 4 rings (SSSR count). The lowest BCUT2D eigenvalue weighted by Crippen LogP contribution is -2.13. The van der Waals surface area contributed by atoms with E-state index in [-0.39, 0.29) is 17.8 Å². The third-order valence-corrected chi connectivity index (χ3v) is 8.53. The number of carbonyl (C=O) groups excluding carboxylic acids is 2. The van der Waals surface area contributed by atoms with Crippen molar-refractivity contribution in [2.45, 2.75) is 86.1 Å². The van der Waals surface area contributed by atoms with Crippen LogP contribution in [0, 0.1) is 11.8 Å². The fraction of sp³-hybridized carbons (Fsp3) is 0.415. The van der Waals surface area contributed by atoms with Crippen LogP contribution >= 0.6 is 0 Å². The Labute approximate surface area is 276 Å². The molecule has 46 heavy (non-hydrogen) atoms. The quantitative estimate of drug-likeness (QED) is 0.100. The summed E-state index contributed by atoms with van der Waals surface area (Å²) in [4.78, 5) is 25.5. The molecule has 0 saturated carbocycles. The van der Waals surface area contributed by atoms with E-state index in [1.807, 2.05) is 44.3 Å². The van der Waals surface area contributed by atoms with Crippen LogP contribution in [0.3, 0.4) is 0 Å². The maximum atomic E-state index is 13.7. The molecule has 0 aliphatic rings. The van der Waals surface area contributed by atoms with Crippen molar-refractivity contribution in [1.82, 2.24) is 4.57 Å². The summed E-state index contributed by atoms with van der Waals surface area (Å²) < 4.78 is 7.18. The number of carbonyl (C=O) groups is 2. The van der Waals surface area contributed by atoms with E-state index in [4.69, 9.17) is 4.74 Å². The van der Waals surface area contributed by atoms with E-state index in [0.717, 1.165) is 48.3 Å². The van der Waals surface area contributed by atoms with Crippen molar-refractivity contribution in [1.29, 1.82) is 0 Å². The van der Waals surface area contributed by atoms with Gasteiger partial charge in [-0.2, -0.15) is 0 Å². The van der Waals surface area contributed by atoms with Gasteiger partial charge in [0.25, 0.3) is 0 Å². The molecular weight excluding hydrogens is 568 g/mol. The van der Waals surface area contributed by atoms with Gasteiger partial charge in [-0.05, 0) is 103 Å². The molecule has 1 N–H and O–H groups in total. The molecule has 0 radical (unpaired) electrons. The van der Waals surface area contributed by atoms with Gasteiger partial charge in [0.05, 0.1) is 12.6 Å². The van der Waals surface area contributed by atoms with E-state index >= 15 is 0 Å². The van der Waals surface area contributed by atoms with E-state index in [1.165, 1.54) is 22.3 Å². The van der Waals surface area contributed by atoms with Gasteiger partial charge in [0, 0.05) is 41.7 Å². The first-order chi connectivity index (χ1) is 22.1. The molecule has 3 aromatic carbocycles. The largest absolute Gasteiger partial charge is 0.466 e. The van der Waals surface area contributed by atoms with Crippen LogP contribution < -0.4 is 5.32 Å². The predicted octanol–water partition coefficient (Wildman–Crippen LogP) is 9.30. The molecule has 5 heteroatoms. The highest BCUT2D eigenvalue weighted by molar-refractivity contribution is 6.10. The van der Waals surface area contributed by atoms with E-state index in [1.54, 1.807) is 0 Å². The Kier molecular flexibility index (Phi) is 12.4. The number of anilines is 1. The number of aromatic nitrogens is 1. The molecule has 244 valence electrons. The van der Waals surface area contributed by atoms with Crippen LogP contribution in [-0.4, -0.2) is 22.9 Å². The second kappa shape index (κ2) is 16.4. The number of ketones is 1. The first kappa shape index (κ1) is 34.7. The van der Waals surface area contributed by atoms with Crippen molar-refractivity contribution < 1.29 is 14.3 Å². The topological polar surface area (TPSA) is 60.3 Å². The number of nitrogens with zero attached hydrogens (tertiary/aromatic N) is 1. The van der Waals surface area contributed by atoms with Crippen LogP contribution in [0.5, 0.6) is 0 Å². The molecule has 0 unspecified atom stereocenters. The Balaban J connectivity index is 1.54.